The van der Waals surface area contributed by atoms with Crippen LogP contribution >= 0.6 is 0 Å². The molecule has 17 heavy (non-hydrogen) atoms. The molecule has 1 aliphatic carbocycles. The Kier molecular flexibility index (Phi) is 4.48. The normalized spacial score (nSPS) is 40.1. The van der Waals surface area contributed by atoms with Gasteiger partial charge in [0.15, 0.2) is 0 Å². The van der Waals surface area contributed by atoms with Crippen LogP contribution in [0, 0.1) is 17.8 Å². The van der Waals surface area contributed by atoms with Gasteiger partial charge in [0.25, 0.3) is 0 Å². The molecule has 2 nitrogen and oxygen atoms in total. The van der Waals surface area contributed by atoms with Crippen molar-refractivity contribution in [2.24, 2.45) is 17.8 Å². The highest BCUT2D eigenvalue weighted by Crippen LogP contribution is 2.37. The van der Waals surface area contributed by atoms with E-state index in [0.717, 1.165) is 29.8 Å². The maximum Gasteiger partial charge on any atom is 0.0204 e. The smallest absolute Gasteiger partial charge is 0.0204 e. The molecule has 2 heteroatoms. The Morgan fingerprint density at radius 3 is 2.53 bits per heavy atom. The van der Waals surface area contributed by atoms with Crippen LogP contribution in [0.2, 0.25) is 0 Å². The van der Waals surface area contributed by atoms with E-state index in [0.29, 0.717) is 0 Å². The molecule has 2 rings (SSSR count). The average molecular weight is 238 g/mol. The highest BCUT2D eigenvalue weighted by atomic mass is 15.2. The fourth-order valence-corrected chi connectivity index (χ4v) is 3.90. The predicted molar refractivity (Wildman–Crippen MR) is 74.2 cm³/mol. The van der Waals surface area contributed by atoms with Crippen LogP contribution in [0.5, 0.6) is 0 Å². The van der Waals surface area contributed by atoms with Gasteiger partial charge in [0.05, 0.1) is 0 Å². The summed E-state index contributed by atoms with van der Waals surface area (Å²) in [6.45, 7) is 9.86. The van der Waals surface area contributed by atoms with Crippen molar-refractivity contribution in [2.45, 2.75) is 58.5 Å². The summed E-state index contributed by atoms with van der Waals surface area (Å²) in [5.41, 5.74) is 0. The first kappa shape index (κ1) is 13.4. The van der Waals surface area contributed by atoms with E-state index in [-0.39, 0.29) is 0 Å². The van der Waals surface area contributed by atoms with E-state index in [1.807, 2.05) is 0 Å². The summed E-state index contributed by atoms with van der Waals surface area (Å²) >= 11 is 0. The summed E-state index contributed by atoms with van der Waals surface area (Å²) in [5, 5.41) is 3.45. The molecule has 0 aromatic carbocycles. The summed E-state index contributed by atoms with van der Waals surface area (Å²) < 4.78 is 0. The minimum Gasteiger partial charge on any atom is -0.316 e. The van der Waals surface area contributed by atoms with Crippen molar-refractivity contribution < 1.29 is 0 Å². The molecular weight excluding hydrogens is 208 g/mol. The van der Waals surface area contributed by atoms with Gasteiger partial charge in [-0.05, 0) is 44.1 Å². The van der Waals surface area contributed by atoms with Gasteiger partial charge in [-0.3, -0.25) is 4.90 Å². The highest BCUT2D eigenvalue weighted by molar-refractivity contribution is 4.92. The summed E-state index contributed by atoms with van der Waals surface area (Å²) in [7, 11) is 2.11. The Bertz CT molecular complexity index is 239. The Morgan fingerprint density at radius 1 is 1.18 bits per heavy atom. The van der Waals surface area contributed by atoms with E-state index in [1.165, 1.54) is 38.8 Å². The van der Waals surface area contributed by atoms with Crippen LogP contribution in [0.25, 0.3) is 0 Å². The first-order chi connectivity index (χ1) is 8.11. The SMILES string of the molecule is CNC1CCN(C2CC(C)CCC2C(C)C)C1. The monoisotopic (exact) mass is 238 g/mol. The molecule has 2 aliphatic rings. The van der Waals surface area contributed by atoms with Gasteiger partial charge >= 0.3 is 0 Å². The third kappa shape index (κ3) is 3.03. The van der Waals surface area contributed by atoms with Crippen LogP contribution in [0.1, 0.15) is 46.5 Å². The average Bonchev–Trinajstić information content (AvgIpc) is 2.76. The van der Waals surface area contributed by atoms with Crippen LogP contribution in [-0.2, 0) is 0 Å². The van der Waals surface area contributed by atoms with E-state index in [4.69, 9.17) is 0 Å². The molecule has 1 N–H and O–H groups in total. The number of hydrogen-bond donors (Lipinski definition) is 1. The van der Waals surface area contributed by atoms with Crippen LogP contribution in [0.4, 0.5) is 0 Å². The largest absolute Gasteiger partial charge is 0.316 e. The summed E-state index contributed by atoms with van der Waals surface area (Å²) in [6.07, 6.45) is 5.67. The van der Waals surface area contributed by atoms with Gasteiger partial charge in [0.1, 0.15) is 0 Å². The van der Waals surface area contributed by atoms with Crippen LogP contribution in [0.3, 0.4) is 0 Å². The van der Waals surface area contributed by atoms with Gasteiger partial charge in [0, 0.05) is 25.2 Å². The van der Waals surface area contributed by atoms with Crippen molar-refractivity contribution in [2.75, 3.05) is 20.1 Å². The molecule has 0 bridgehead atoms. The van der Waals surface area contributed by atoms with Gasteiger partial charge in [-0.25, -0.2) is 0 Å². The number of likely N-dealkylation sites (N-methyl/N-ethyl adjacent to an activating group) is 1. The molecule has 0 amide bonds. The molecule has 0 radical (unpaired) electrons. The lowest BCUT2D eigenvalue weighted by atomic mass is 9.73. The lowest BCUT2D eigenvalue weighted by Crippen LogP contribution is -2.45. The predicted octanol–water partition coefficient (Wildman–Crippen LogP) is 2.74. The molecule has 0 spiro atoms. The summed E-state index contributed by atoms with van der Waals surface area (Å²) in [6, 6.07) is 1.59. The van der Waals surface area contributed by atoms with Crippen molar-refractivity contribution in [3.63, 3.8) is 0 Å². The minimum absolute atomic E-state index is 0.736. The second kappa shape index (κ2) is 5.71. The topological polar surface area (TPSA) is 15.3 Å². The van der Waals surface area contributed by atoms with Gasteiger partial charge in [-0.2, -0.15) is 0 Å². The second-order valence-electron chi connectivity index (χ2n) is 6.66. The molecule has 4 unspecified atom stereocenters. The second-order valence-corrected chi connectivity index (χ2v) is 6.66. The van der Waals surface area contributed by atoms with Crippen LogP contribution in [-0.4, -0.2) is 37.1 Å². The Morgan fingerprint density at radius 2 is 1.94 bits per heavy atom. The third-order valence-electron chi connectivity index (χ3n) is 5.08. The summed E-state index contributed by atoms with van der Waals surface area (Å²) in [4.78, 5) is 2.78. The van der Waals surface area contributed by atoms with E-state index in [1.54, 1.807) is 0 Å². The molecular formula is C15H30N2. The quantitative estimate of drug-likeness (QED) is 0.813. The lowest BCUT2D eigenvalue weighted by Gasteiger charge is -2.42. The highest BCUT2D eigenvalue weighted by Gasteiger charge is 2.37. The number of rotatable bonds is 3. The van der Waals surface area contributed by atoms with Gasteiger partial charge < -0.3 is 5.32 Å². The van der Waals surface area contributed by atoms with Gasteiger partial charge in [0.2, 0.25) is 0 Å². The molecule has 1 saturated carbocycles. The summed E-state index contributed by atoms with van der Waals surface area (Å²) in [5.74, 6) is 2.71. The first-order valence-electron chi connectivity index (χ1n) is 7.53. The van der Waals surface area contributed by atoms with Crippen molar-refractivity contribution in [1.29, 1.82) is 0 Å². The van der Waals surface area contributed by atoms with Crippen molar-refractivity contribution in [1.82, 2.24) is 10.2 Å². The Balaban J connectivity index is 2.00. The number of nitrogens with zero attached hydrogens (tertiary/aromatic N) is 1. The fourth-order valence-electron chi connectivity index (χ4n) is 3.90. The molecule has 1 heterocycles. The molecule has 1 saturated heterocycles. The zero-order chi connectivity index (χ0) is 12.4. The van der Waals surface area contributed by atoms with E-state index >= 15 is 0 Å². The Hall–Kier alpha value is -0.0800. The van der Waals surface area contributed by atoms with Crippen LogP contribution in [0.15, 0.2) is 0 Å². The molecule has 0 aromatic rings. The third-order valence-corrected chi connectivity index (χ3v) is 5.08. The van der Waals surface area contributed by atoms with Gasteiger partial charge in [-0.1, -0.05) is 27.2 Å². The van der Waals surface area contributed by atoms with E-state index < -0.39 is 0 Å². The van der Waals surface area contributed by atoms with Crippen molar-refractivity contribution in [3.8, 4) is 0 Å². The van der Waals surface area contributed by atoms with Crippen LogP contribution < -0.4 is 5.32 Å². The fraction of sp³-hybridized carbons (Fsp3) is 1.00. The van der Waals surface area contributed by atoms with Gasteiger partial charge in [-0.15, -0.1) is 0 Å². The zero-order valence-electron chi connectivity index (χ0n) is 12.1. The van der Waals surface area contributed by atoms with E-state index in [9.17, 15) is 0 Å². The Labute approximate surface area is 107 Å². The molecule has 0 aromatic heterocycles. The first-order valence-corrected chi connectivity index (χ1v) is 7.53. The van der Waals surface area contributed by atoms with E-state index in [2.05, 4.69) is 38.0 Å². The molecule has 2 fully saturated rings. The lowest BCUT2D eigenvalue weighted by molar-refractivity contribution is 0.0752. The molecule has 1 aliphatic heterocycles. The molecule has 4 atom stereocenters. The maximum absolute atomic E-state index is 3.45. The molecule has 100 valence electrons. The number of hydrogen-bond acceptors (Lipinski definition) is 2. The maximum atomic E-state index is 3.45. The van der Waals surface area contributed by atoms with Crippen molar-refractivity contribution >= 4 is 0 Å². The standard InChI is InChI=1S/C15H30N2/c1-11(2)14-6-5-12(3)9-15(14)17-8-7-13(10-17)16-4/h11-16H,5-10H2,1-4H3. The number of nitrogens with one attached hydrogen (secondary N) is 1. The minimum atomic E-state index is 0.736. The zero-order valence-corrected chi connectivity index (χ0v) is 12.1. The number of likely N-dealkylation sites (tertiary alicyclic amines) is 1. The van der Waals surface area contributed by atoms with Crippen molar-refractivity contribution in [3.05, 3.63) is 0 Å².